The molecule has 0 bridgehead atoms. The quantitative estimate of drug-likeness (QED) is 0.799. The molecule has 1 fully saturated rings. The molecule has 0 radical (unpaired) electrons. The van der Waals surface area contributed by atoms with Crippen LogP contribution in [-0.4, -0.2) is 26.6 Å². The zero-order chi connectivity index (χ0) is 14.9. The van der Waals surface area contributed by atoms with Gasteiger partial charge in [0.25, 0.3) is 0 Å². The summed E-state index contributed by atoms with van der Waals surface area (Å²) in [6, 6.07) is 6.13. The molecule has 0 atom stereocenters. The third-order valence-corrected chi connectivity index (χ3v) is 3.99. The zero-order valence-corrected chi connectivity index (χ0v) is 12.6. The van der Waals surface area contributed by atoms with E-state index in [9.17, 15) is 8.78 Å². The smallest absolute Gasteiger partial charge is 0.248 e. The Morgan fingerprint density at radius 1 is 1.35 bits per heavy atom. The number of hydrogen-bond acceptors (Lipinski definition) is 2. The molecule has 0 aliphatic heterocycles. The topological polar surface area (TPSA) is 12.5 Å². The number of halogens is 2. The van der Waals surface area contributed by atoms with Crippen molar-refractivity contribution in [2.45, 2.75) is 38.5 Å². The molecule has 1 aliphatic carbocycles. The van der Waals surface area contributed by atoms with Crippen LogP contribution in [0.5, 0.6) is 5.75 Å². The Bertz CT molecular complexity index is 466. The van der Waals surface area contributed by atoms with Crippen LogP contribution in [0.4, 0.5) is 14.5 Å². The van der Waals surface area contributed by atoms with Gasteiger partial charge in [0, 0.05) is 26.4 Å². The van der Waals surface area contributed by atoms with E-state index < -0.39 is 5.92 Å². The van der Waals surface area contributed by atoms with E-state index in [4.69, 9.17) is 4.74 Å². The van der Waals surface area contributed by atoms with Gasteiger partial charge in [-0.05, 0) is 29.5 Å². The van der Waals surface area contributed by atoms with Crippen molar-refractivity contribution >= 4 is 5.69 Å². The molecule has 0 saturated heterocycles. The Hall–Kier alpha value is -1.32. The fourth-order valence-electron chi connectivity index (χ4n) is 2.77. The van der Waals surface area contributed by atoms with Crippen LogP contribution >= 0.6 is 0 Å². The highest BCUT2D eigenvalue weighted by atomic mass is 19.3. The van der Waals surface area contributed by atoms with Crippen molar-refractivity contribution in [2.24, 2.45) is 5.92 Å². The summed E-state index contributed by atoms with van der Waals surface area (Å²) >= 11 is 0. The molecular weight excluding hydrogens is 260 g/mol. The fourth-order valence-corrected chi connectivity index (χ4v) is 2.77. The van der Waals surface area contributed by atoms with Crippen LogP contribution in [-0.2, 0) is 0 Å². The summed E-state index contributed by atoms with van der Waals surface area (Å²) in [5.41, 5.74) is 2.18. The Kier molecular flexibility index (Phi) is 4.21. The van der Waals surface area contributed by atoms with E-state index in [0.717, 1.165) is 11.4 Å². The number of benzene rings is 1. The standard InChI is InChI=1S/C16H23F2NO/c1-11(2)13-5-6-14(15(7-13)20-4)19(3)10-12-8-16(17,18)9-12/h5-7,11-12H,8-10H2,1-4H3. The average Bonchev–Trinajstić information content (AvgIpc) is 2.35. The van der Waals surface area contributed by atoms with Gasteiger partial charge in [0.15, 0.2) is 0 Å². The summed E-state index contributed by atoms with van der Waals surface area (Å²) in [7, 11) is 3.58. The van der Waals surface area contributed by atoms with Gasteiger partial charge in [-0.15, -0.1) is 0 Å². The van der Waals surface area contributed by atoms with Crippen molar-refractivity contribution < 1.29 is 13.5 Å². The summed E-state index contributed by atoms with van der Waals surface area (Å²) in [6.07, 6.45) is 0.00741. The van der Waals surface area contributed by atoms with Gasteiger partial charge in [0.1, 0.15) is 5.75 Å². The van der Waals surface area contributed by atoms with Gasteiger partial charge in [0.05, 0.1) is 12.8 Å². The molecule has 0 amide bonds. The van der Waals surface area contributed by atoms with Crippen LogP contribution < -0.4 is 9.64 Å². The SMILES string of the molecule is COc1cc(C(C)C)ccc1N(C)CC1CC(F)(F)C1. The molecular formula is C16H23F2NO. The predicted molar refractivity (Wildman–Crippen MR) is 78.0 cm³/mol. The molecule has 0 N–H and O–H groups in total. The van der Waals surface area contributed by atoms with Crippen molar-refractivity contribution in [3.8, 4) is 5.75 Å². The Balaban J connectivity index is 2.07. The van der Waals surface area contributed by atoms with Gasteiger partial charge in [-0.3, -0.25) is 0 Å². The molecule has 4 heteroatoms. The monoisotopic (exact) mass is 283 g/mol. The first-order valence-corrected chi connectivity index (χ1v) is 7.09. The summed E-state index contributed by atoms with van der Waals surface area (Å²) < 4.78 is 31.2. The van der Waals surface area contributed by atoms with Crippen molar-refractivity contribution in [3.63, 3.8) is 0 Å². The number of anilines is 1. The second-order valence-corrected chi connectivity index (χ2v) is 6.10. The maximum absolute atomic E-state index is 12.9. The Morgan fingerprint density at radius 3 is 2.50 bits per heavy atom. The third kappa shape index (κ3) is 3.22. The molecule has 0 unspecified atom stereocenters. The van der Waals surface area contributed by atoms with Crippen molar-refractivity contribution in [3.05, 3.63) is 23.8 Å². The minimum absolute atomic E-state index is 0.00370. The number of methoxy groups -OCH3 is 1. The normalized spacial score (nSPS) is 17.9. The highest BCUT2D eigenvalue weighted by Crippen LogP contribution is 2.43. The van der Waals surface area contributed by atoms with Crippen LogP contribution in [0, 0.1) is 5.92 Å². The van der Waals surface area contributed by atoms with Crippen LogP contribution in [0.2, 0.25) is 0 Å². The molecule has 2 nitrogen and oxygen atoms in total. The summed E-state index contributed by atoms with van der Waals surface area (Å²) in [4.78, 5) is 2.02. The Labute approximate surface area is 119 Å². The predicted octanol–water partition coefficient (Wildman–Crippen LogP) is 4.30. The summed E-state index contributed by atoms with van der Waals surface area (Å²) in [6.45, 7) is 4.91. The van der Waals surface area contributed by atoms with Gasteiger partial charge in [-0.2, -0.15) is 0 Å². The van der Waals surface area contributed by atoms with Crippen molar-refractivity contribution in [2.75, 3.05) is 25.6 Å². The summed E-state index contributed by atoms with van der Waals surface area (Å²) in [5.74, 6) is -1.13. The second kappa shape index (κ2) is 5.58. The molecule has 0 heterocycles. The minimum atomic E-state index is -2.45. The zero-order valence-electron chi connectivity index (χ0n) is 12.6. The molecule has 2 rings (SSSR count). The van der Waals surface area contributed by atoms with Crippen molar-refractivity contribution in [1.29, 1.82) is 0 Å². The number of ether oxygens (including phenoxy) is 1. The molecule has 1 aromatic carbocycles. The highest BCUT2D eigenvalue weighted by molar-refractivity contribution is 5.59. The molecule has 0 aromatic heterocycles. The van der Waals surface area contributed by atoms with E-state index in [1.54, 1.807) is 7.11 Å². The van der Waals surface area contributed by atoms with Crippen LogP contribution in [0.1, 0.15) is 38.2 Å². The van der Waals surface area contributed by atoms with E-state index >= 15 is 0 Å². The van der Waals surface area contributed by atoms with E-state index in [1.165, 1.54) is 5.56 Å². The van der Waals surface area contributed by atoms with Crippen LogP contribution in [0.25, 0.3) is 0 Å². The van der Waals surface area contributed by atoms with Gasteiger partial charge < -0.3 is 9.64 Å². The van der Waals surface area contributed by atoms with Gasteiger partial charge in [0.2, 0.25) is 5.92 Å². The van der Waals surface area contributed by atoms with Crippen LogP contribution in [0.3, 0.4) is 0 Å². The molecule has 0 spiro atoms. The second-order valence-electron chi connectivity index (χ2n) is 6.10. The highest BCUT2D eigenvalue weighted by Gasteiger charge is 2.45. The van der Waals surface area contributed by atoms with E-state index in [-0.39, 0.29) is 18.8 Å². The van der Waals surface area contributed by atoms with Crippen molar-refractivity contribution in [1.82, 2.24) is 0 Å². The lowest BCUT2D eigenvalue weighted by Crippen LogP contribution is -2.41. The molecule has 20 heavy (non-hydrogen) atoms. The van der Waals surface area contributed by atoms with E-state index in [0.29, 0.717) is 12.5 Å². The molecule has 1 saturated carbocycles. The first-order valence-electron chi connectivity index (χ1n) is 7.09. The number of alkyl halides is 2. The largest absolute Gasteiger partial charge is 0.495 e. The lowest BCUT2D eigenvalue weighted by atomic mass is 9.81. The molecule has 112 valence electrons. The number of rotatable bonds is 5. The van der Waals surface area contributed by atoms with E-state index in [2.05, 4.69) is 19.9 Å². The van der Waals surface area contributed by atoms with Gasteiger partial charge >= 0.3 is 0 Å². The lowest BCUT2D eigenvalue weighted by molar-refractivity contribution is -0.107. The summed E-state index contributed by atoms with van der Waals surface area (Å²) in [5, 5.41) is 0. The van der Waals surface area contributed by atoms with Gasteiger partial charge in [-0.1, -0.05) is 19.9 Å². The maximum Gasteiger partial charge on any atom is 0.248 e. The fraction of sp³-hybridized carbons (Fsp3) is 0.625. The maximum atomic E-state index is 12.9. The first kappa shape index (κ1) is 15.1. The average molecular weight is 283 g/mol. The minimum Gasteiger partial charge on any atom is -0.495 e. The Morgan fingerprint density at radius 2 is 2.00 bits per heavy atom. The molecule has 1 aromatic rings. The first-order chi connectivity index (χ1) is 9.32. The van der Waals surface area contributed by atoms with E-state index in [1.807, 2.05) is 24.1 Å². The third-order valence-electron chi connectivity index (χ3n) is 3.99. The number of nitrogens with zero attached hydrogens (tertiary/aromatic N) is 1. The number of hydrogen-bond donors (Lipinski definition) is 0. The molecule has 1 aliphatic rings. The lowest BCUT2D eigenvalue weighted by Gasteiger charge is -2.38. The van der Waals surface area contributed by atoms with Gasteiger partial charge in [-0.25, -0.2) is 8.78 Å². The van der Waals surface area contributed by atoms with Crippen LogP contribution in [0.15, 0.2) is 18.2 Å².